The van der Waals surface area contributed by atoms with Crippen molar-refractivity contribution in [3.63, 3.8) is 0 Å². The van der Waals surface area contributed by atoms with Crippen molar-refractivity contribution >= 4 is 29.4 Å². The van der Waals surface area contributed by atoms with E-state index in [0.717, 1.165) is 9.80 Å². The van der Waals surface area contributed by atoms with Gasteiger partial charge in [0.2, 0.25) is 11.8 Å². The van der Waals surface area contributed by atoms with Crippen LogP contribution in [0.1, 0.15) is 46.5 Å². The van der Waals surface area contributed by atoms with Gasteiger partial charge in [-0.1, -0.05) is 6.92 Å². The topological polar surface area (TPSA) is 142 Å². The van der Waals surface area contributed by atoms with Gasteiger partial charge in [-0.3, -0.25) is 33.8 Å². The predicted octanol–water partition coefficient (Wildman–Crippen LogP) is -0.478. The van der Waals surface area contributed by atoms with E-state index in [1.54, 1.807) is 20.8 Å². The minimum absolute atomic E-state index is 0.0543. The summed E-state index contributed by atoms with van der Waals surface area (Å²) in [6.45, 7) is 4.84. The van der Waals surface area contributed by atoms with Crippen molar-refractivity contribution in [1.82, 2.24) is 9.80 Å². The van der Waals surface area contributed by atoms with Crippen molar-refractivity contribution in [1.29, 1.82) is 0 Å². The summed E-state index contributed by atoms with van der Waals surface area (Å²) in [5.74, 6) is -1.47. The molecule has 0 aromatic rings. The Morgan fingerprint density at radius 3 is 2.07 bits per heavy atom. The third-order valence-electron chi connectivity index (χ3n) is 4.29. The number of carbonyl (C=O) groups is 5. The molecule has 0 spiro atoms. The summed E-state index contributed by atoms with van der Waals surface area (Å²) in [6, 6.07) is 0. The van der Waals surface area contributed by atoms with Crippen LogP contribution in [0.15, 0.2) is 12.2 Å². The van der Waals surface area contributed by atoms with Crippen LogP contribution in [0.5, 0.6) is 0 Å². The first-order valence-electron chi connectivity index (χ1n) is 9.36. The Balaban J connectivity index is 0.000000308. The van der Waals surface area contributed by atoms with Crippen LogP contribution in [0.4, 0.5) is 0 Å². The maximum atomic E-state index is 11.3. The van der Waals surface area contributed by atoms with Crippen LogP contribution in [-0.4, -0.2) is 81.0 Å². The van der Waals surface area contributed by atoms with Gasteiger partial charge in [-0.15, -0.1) is 0 Å². The van der Waals surface area contributed by atoms with E-state index in [2.05, 4.69) is 0 Å². The number of amides is 4. The lowest BCUT2D eigenvalue weighted by Gasteiger charge is -2.29. The lowest BCUT2D eigenvalue weighted by atomic mass is 10.1. The predicted molar refractivity (Wildman–Crippen MR) is 100.0 cm³/mol. The third kappa shape index (κ3) is 7.84. The van der Waals surface area contributed by atoms with Gasteiger partial charge in [0, 0.05) is 38.0 Å². The van der Waals surface area contributed by atoms with Gasteiger partial charge in [0.1, 0.15) is 0 Å². The Bertz CT molecular complexity index is 652. The smallest absolute Gasteiger partial charge is 0.254 e. The lowest BCUT2D eigenvalue weighted by Crippen LogP contribution is -2.41. The summed E-state index contributed by atoms with van der Waals surface area (Å²) < 4.78 is 5.29. The van der Waals surface area contributed by atoms with E-state index >= 15 is 0 Å². The quantitative estimate of drug-likeness (QED) is 0.382. The molecule has 1 saturated heterocycles. The van der Waals surface area contributed by atoms with Gasteiger partial charge in [0.05, 0.1) is 18.7 Å². The number of rotatable bonds is 9. The average molecular weight is 412 g/mol. The van der Waals surface area contributed by atoms with E-state index in [9.17, 15) is 29.1 Å². The monoisotopic (exact) mass is 412 g/mol. The van der Waals surface area contributed by atoms with Crippen LogP contribution < -0.4 is 0 Å². The molecule has 0 aromatic heterocycles. The van der Waals surface area contributed by atoms with Crippen LogP contribution in [0.2, 0.25) is 0 Å². The number of imide groups is 2. The molecular weight excluding hydrogens is 384 g/mol. The van der Waals surface area contributed by atoms with Crippen molar-refractivity contribution < 1.29 is 38.9 Å². The molecule has 2 heterocycles. The summed E-state index contributed by atoms with van der Waals surface area (Å²) in [7, 11) is 0. The second-order valence-corrected chi connectivity index (χ2v) is 7.19. The van der Waals surface area contributed by atoms with E-state index in [4.69, 9.17) is 9.84 Å². The van der Waals surface area contributed by atoms with E-state index in [0.29, 0.717) is 12.8 Å². The minimum atomic E-state index is -1.22. The molecule has 29 heavy (non-hydrogen) atoms. The molecule has 2 aliphatic heterocycles. The van der Waals surface area contributed by atoms with Gasteiger partial charge in [-0.2, -0.15) is 0 Å². The first kappa shape index (κ1) is 24.6. The molecule has 0 aromatic carbocycles. The highest BCUT2D eigenvalue weighted by molar-refractivity contribution is 6.14. The second-order valence-electron chi connectivity index (χ2n) is 7.19. The summed E-state index contributed by atoms with van der Waals surface area (Å²) >= 11 is 0. The number of ketones is 1. The van der Waals surface area contributed by atoms with Crippen molar-refractivity contribution in [3.05, 3.63) is 12.2 Å². The molecule has 1 atom stereocenters. The fourth-order valence-electron chi connectivity index (χ4n) is 2.59. The van der Waals surface area contributed by atoms with Crippen LogP contribution in [-0.2, 0) is 28.7 Å². The van der Waals surface area contributed by atoms with Gasteiger partial charge in [0.25, 0.3) is 11.8 Å². The van der Waals surface area contributed by atoms with Crippen LogP contribution in [0.3, 0.4) is 0 Å². The summed E-state index contributed by atoms with van der Waals surface area (Å²) in [5.41, 5.74) is -0.694. The number of carbonyl (C=O) groups excluding carboxylic acids is 5. The highest BCUT2D eigenvalue weighted by Crippen LogP contribution is 2.18. The van der Waals surface area contributed by atoms with E-state index < -0.39 is 23.7 Å². The third-order valence-corrected chi connectivity index (χ3v) is 4.29. The van der Waals surface area contributed by atoms with Gasteiger partial charge >= 0.3 is 0 Å². The number of aliphatic hydroxyl groups excluding tert-OH is 2. The van der Waals surface area contributed by atoms with E-state index in [-0.39, 0.29) is 50.1 Å². The van der Waals surface area contributed by atoms with Crippen LogP contribution in [0, 0.1) is 0 Å². The molecule has 1 fully saturated rings. The van der Waals surface area contributed by atoms with Gasteiger partial charge in [0.15, 0.2) is 12.1 Å². The molecule has 0 bridgehead atoms. The zero-order chi connectivity index (χ0) is 22.2. The van der Waals surface area contributed by atoms with Gasteiger partial charge in [-0.25, -0.2) is 0 Å². The normalized spacial score (nSPS) is 17.7. The minimum Gasteiger partial charge on any atom is -0.396 e. The first-order chi connectivity index (χ1) is 13.5. The zero-order valence-electron chi connectivity index (χ0n) is 16.9. The first-order valence-corrected chi connectivity index (χ1v) is 9.36. The number of hydrogen-bond acceptors (Lipinski definition) is 8. The number of nitrogens with zero attached hydrogens (tertiary/aromatic N) is 2. The molecular formula is C19H28N2O8. The summed E-state index contributed by atoms with van der Waals surface area (Å²) in [4.78, 5) is 57.3. The molecule has 0 aliphatic carbocycles. The van der Waals surface area contributed by atoms with Crippen molar-refractivity contribution in [3.8, 4) is 0 Å². The Labute approximate surface area is 169 Å². The number of hydrogen-bond donors (Lipinski definition) is 2. The molecule has 0 radical (unpaired) electrons. The Morgan fingerprint density at radius 1 is 1.10 bits per heavy atom. The Morgan fingerprint density at radius 2 is 1.62 bits per heavy atom. The highest BCUT2D eigenvalue weighted by atomic mass is 16.6. The molecule has 162 valence electrons. The number of Topliss-reactive ketones (excluding diaryl/α,β-unsaturated/α-hetero) is 1. The molecule has 10 heteroatoms. The maximum absolute atomic E-state index is 11.3. The average Bonchev–Trinajstić information content (AvgIpc) is 3.11. The molecule has 2 rings (SSSR count). The van der Waals surface area contributed by atoms with Crippen LogP contribution in [0.25, 0.3) is 0 Å². The number of ether oxygens (including phenoxy) is 1. The SMILES string of the molecule is CC(C)(CCO)OC(O)CN1C(=O)CCC1=O.CCC(=O)CN1C(=O)C=CC1=O. The fraction of sp³-hybridized carbons (Fsp3) is 0.632. The largest absolute Gasteiger partial charge is 0.396 e. The molecule has 2 aliphatic rings. The highest BCUT2D eigenvalue weighted by Gasteiger charge is 2.32. The summed E-state index contributed by atoms with van der Waals surface area (Å²) in [5, 5.41) is 18.5. The molecule has 2 N–H and O–H groups in total. The number of likely N-dealkylation sites (tertiary alicyclic amines) is 1. The number of β-amino-alcohol motifs (C(OH)–C–C–N with tert-alkyl or cyclic N) is 1. The lowest BCUT2D eigenvalue weighted by molar-refractivity contribution is -0.187. The van der Waals surface area contributed by atoms with Gasteiger partial charge < -0.3 is 14.9 Å². The standard InChI is InChI=1S/C11H19NO5.C8H9NO3/c1-11(2,5-6-13)17-10(16)7-12-8(14)3-4-9(12)15;1-2-6(10)5-9-7(11)3-4-8(9)12/h10,13,16H,3-7H2,1-2H3;3-4H,2,5H2,1H3. The second kappa shape index (κ2) is 10.9. The van der Waals surface area contributed by atoms with Crippen LogP contribution >= 0.6 is 0 Å². The van der Waals surface area contributed by atoms with E-state index in [1.165, 1.54) is 12.2 Å². The fourth-order valence-corrected chi connectivity index (χ4v) is 2.59. The zero-order valence-corrected chi connectivity index (χ0v) is 16.9. The molecule has 1 unspecified atom stereocenters. The summed E-state index contributed by atoms with van der Waals surface area (Å²) in [6.07, 6.45) is 2.24. The van der Waals surface area contributed by atoms with Gasteiger partial charge in [-0.05, 0) is 20.3 Å². The number of aliphatic hydroxyl groups is 2. The Hall–Kier alpha value is -2.43. The molecule has 4 amide bonds. The van der Waals surface area contributed by atoms with E-state index in [1.807, 2.05) is 0 Å². The molecule has 0 saturated carbocycles. The van der Waals surface area contributed by atoms with Crippen molar-refractivity contribution in [2.24, 2.45) is 0 Å². The van der Waals surface area contributed by atoms with Crippen molar-refractivity contribution in [2.45, 2.75) is 58.3 Å². The van der Waals surface area contributed by atoms with Crippen molar-refractivity contribution in [2.75, 3.05) is 19.7 Å². The molecule has 10 nitrogen and oxygen atoms in total. The maximum Gasteiger partial charge on any atom is 0.254 e. The Kier molecular flexibility index (Phi) is 9.28.